The zero-order chi connectivity index (χ0) is 21.7. The van der Waals surface area contributed by atoms with Crippen molar-refractivity contribution in [2.24, 2.45) is 0 Å². The average molecular weight is 517 g/mol. The van der Waals surface area contributed by atoms with Gasteiger partial charge in [0.15, 0.2) is 0 Å². The van der Waals surface area contributed by atoms with Crippen molar-refractivity contribution in [1.29, 1.82) is 0 Å². The number of aryl methyl sites for hydroxylation is 1. The fourth-order valence-electron chi connectivity index (χ4n) is 2.82. The quantitative estimate of drug-likeness (QED) is 0.254. The second kappa shape index (κ2) is 9.57. The predicted octanol–water partition coefficient (Wildman–Crippen LogP) is 3.70. The number of rotatable bonds is 7. The number of ether oxygens (including phenoxy) is 1. The van der Waals surface area contributed by atoms with Crippen molar-refractivity contribution in [3.8, 4) is 5.75 Å². The Hall–Kier alpha value is -3.14. The van der Waals surface area contributed by atoms with Crippen molar-refractivity contribution in [1.82, 2.24) is 10.2 Å². The topological polar surface area (TPSA) is 87.7 Å². The highest BCUT2D eigenvalue weighted by molar-refractivity contribution is 14.1. The van der Waals surface area contributed by atoms with E-state index in [1.807, 2.05) is 25.1 Å². The van der Waals surface area contributed by atoms with Gasteiger partial charge in [-0.15, -0.1) is 0 Å². The lowest BCUT2D eigenvalue weighted by atomic mass is 10.2. The van der Waals surface area contributed by atoms with E-state index in [0.717, 1.165) is 19.6 Å². The van der Waals surface area contributed by atoms with Crippen molar-refractivity contribution in [3.63, 3.8) is 0 Å². The van der Waals surface area contributed by atoms with Crippen LogP contribution in [0.5, 0.6) is 5.75 Å². The van der Waals surface area contributed by atoms with Crippen LogP contribution in [0.4, 0.5) is 10.5 Å². The van der Waals surface area contributed by atoms with Crippen LogP contribution >= 0.6 is 22.6 Å². The summed E-state index contributed by atoms with van der Waals surface area (Å²) < 4.78 is 6.39. The first-order valence-corrected chi connectivity index (χ1v) is 10.2. The number of amides is 4. The molecular formula is C22H20IN3O4. The lowest BCUT2D eigenvalue weighted by Gasteiger charge is -2.12. The second-order valence-electron chi connectivity index (χ2n) is 6.59. The minimum atomic E-state index is -0.633. The molecule has 30 heavy (non-hydrogen) atoms. The number of nitrogens with one attached hydrogen (secondary N) is 2. The Labute approximate surface area is 187 Å². The maximum absolute atomic E-state index is 12.6. The van der Waals surface area contributed by atoms with Crippen LogP contribution < -0.4 is 15.4 Å². The van der Waals surface area contributed by atoms with E-state index in [-0.39, 0.29) is 12.2 Å². The van der Waals surface area contributed by atoms with E-state index in [0.29, 0.717) is 18.0 Å². The van der Waals surface area contributed by atoms with E-state index in [1.165, 1.54) is 0 Å². The molecule has 2 N–H and O–H groups in total. The Morgan fingerprint density at radius 1 is 1.27 bits per heavy atom. The first-order chi connectivity index (χ1) is 14.4. The van der Waals surface area contributed by atoms with Gasteiger partial charge in [-0.1, -0.05) is 30.9 Å². The van der Waals surface area contributed by atoms with Gasteiger partial charge in [0.2, 0.25) is 5.91 Å². The van der Waals surface area contributed by atoms with E-state index in [4.69, 9.17) is 4.74 Å². The molecule has 0 saturated carbocycles. The number of nitrogens with zero attached hydrogens (tertiary/aromatic N) is 1. The molecule has 7 nitrogen and oxygen atoms in total. The number of hydrogen-bond donors (Lipinski definition) is 2. The van der Waals surface area contributed by atoms with Crippen LogP contribution in [0.3, 0.4) is 0 Å². The molecule has 154 valence electrons. The lowest BCUT2D eigenvalue weighted by molar-refractivity contribution is -0.127. The third-order valence-electron chi connectivity index (χ3n) is 4.19. The molecule has 4 amide bonds. The van der Waals surface area contributed by atoms with Crippen molar-refractivity contribution < 1.29 is 19.1 Å². The molecule has 2 aromatic carbocycles. The summed E-state index contributed by atoms with van der Waals surface area (Å²) in [5.41, 5.74) is 2.43. The Balaban J connectivity index is 1.68. The average Bonchev–Trinajstić information content (AvgIpc) is 2.95. The summed E-state index contributed by atoms with van der Waals surface area (Å²) in [6.45, 7) is 5.54. The van der Waals surface area contributed by atoms with Gasteiger partial charge in [0, 0.05) is 5.69 Å². The summed E-state index contributed by atoms with van der Waals surface area (Å²) in [4.78, 5) is 38.0. The number of carbonyl (C=O) groups excluding carboxylic acids is 3. The van der Waals surface area contributed by atoms with E-state index >= 15 is 0 Å². The molecule has 0 aliphatic carbocycles. The SMILES string of the molecule is C=CCOc1ccc(/C=C2/NC(=O)N(CC(=O)Nc3cccc(C)c3)C2=O)cc1I. The van der Waals surface area contributed by atoms with E-state index in [9.17, 15) is 14.4 Å². The van der Waals surface area contributed by atoms with Gasteiger partial charge < -0.3 is 15.4 Å². The van der Waals surface area contributed by atoms with Crippen LogP contribution in [0, 0.1) is 10.5 Å². The van der Waals surface area contributed by atoms with Crippen molar-refractivity contribution in [2.75, 3.05) is 18.5 Å². The zero-order valence-corrected chi connectivity index (χ0v) is 18.4. The minimum Gasteiger partial charge on any atom is -0.488 e. The van der Waals surface area contributed by atoms with Crippen LogP contribution in [0.1, 0.15) is 11.1 Å². The van der Waals surface area contributed by atoms with Gasteiger partial charge in [0.05, 0.1) is 3.57 Å². The molecule has 3 rings (SSSR count). The highest BCUT2D eigenvalue weighted by Crippen LogP contribution is 2.24. The molecule has 1 fully saturated rings. The van der Waals surface area contributed by atoms with Crippen LogP contribution in [0.15, 0.2) is 60.8 Å². The molecule has 8 heteroatoms. The van der Waals surface area contributed by atoms with Gasteiger partial charge in [-0.3, -0.25) is 9.59 Å². The number of halogens is 1. The maximum atomic E-state index is 12.6. The van der Waals surface area contributed by atoms with Gasteiger partial charge in [0.1, 0.15) is 24.6 Å². The molecule has 1 aliphatic rings. The molecule has 0 aromatic heterocycles. The second-order valence-corrected chi connectivity index (χ2v) is 7.75. The minimum absolute atomic E-state index is 0.110. The fraction of sp³-hybridized carbons (Fsp3) is 0.136. The summed E-state index contributed by atoms with van der Waals surface area (Å²) in [7, 11) is 0. The van der Waals surface area contributed by atoms with Crippen LogP contribution in [-0.4, -0.2) is 35.9 Å². The zero-order valence-electron chi connectivity index (χ0n) is 16.3. The van der Waals surface area contributed by atoms with E-state index < -0.39 is 17.8 Å². The van der Waals surface area contributed by atoms with Crippen LogP contribution in [0.25, 0.3) is 6.08 Å². The van der Waals surface area contributed by atoms with E-state index in [1.54, 1.807) is 36.4 Å². The summed E-state index contributed by atoms with van der Waals surface area (Å²) in [6.07, 6.45) is 3.22. The third kappa shape index (κ3) is 5.26. The summed E-state index contributed by atoms with van der Waals surface area (Å²) >= 11 is 2.13. The number of benzene rings is 2. The molecule has 1 saturated heterocycles. The Kier molecular flexibility index (Phi) is 6.88. The van der Waals surface area contributed by atoms with Crippen LogP contribution in [0.2, 0.25) is 0 Å². The molecule has 2 aromatic rings. The summed E-state index contributed by atoms with van der Waals surface area (Å²) in [5, 5.41) is 5.21. The van der Waals surface area contributed by atoms with Gasteiger partial charge in [0.25, 0.3) is 5.91 Å². The number of carbonyl (C=O) groups is 3. The van der Waals surface area contributed by atoms with E-state index in [2.05, 4.69) is 39.8 Å². The molecule has 0 unspecified atom stereocenters. The molecule has 1 aliphatic heterocycles. The molecule has 0 bridgehead atoms. The van der Waals surface area contributed by atoms with Crippen LogP contribution in [-0.2, 0) is 9.59 Å². The molecule has 1 heterocycles. The normalized spacial score (nSPS) is 14.6. The number of hydrogen-bond acceptors (Lipinski definition) is 4. The van der Waals surface area contributed by atoms with Gasteiger partial charge >= 0.3 is 6.03 Å². The predicted molar refractivity (Wildman–Crippen MR) is 123 cm³/mol. The monoisotopic (exact) mass is 517 g/mol. The third-order valence-corrected chi connectivity index (χ3v) is 5.03. The summed E-state index contributed by atoms with van der Waals surface area (Å²) in [5.74, 6) is -0.307. The van der Waals surface area contributed by atoms with Crippen molar-refractivity contribution in [3.05, 3.63) is 75.5 Å². The highest BCUT2D eigenvalue weighted by atomic mass is 127. The lowest BCUT2D eigenvalue weighted by Crippen LogP contribution is -2.38. The Morgan fingerprint density at radius 2 is 2.07 bits per heavy atom. The smallest absolute Gasteiger partial charge is 0.329 e. The largest absolute Gasteiger partial charge is 0.488 e. The number of anilines is 1. The molecule has 0 spiro atoms. The first-order valence-electron chi connectivity index (χ1n) is 9.11. The number of urea groups is 1. The van der Waals surface area contributed by atoms with Gasteiger partial charge in [-0.2, -0.15) is 0 Å². The standard InChI is InChI=1S/C22H20IN3O4/c1-3-9-30-19-8-7-15(11-17(19)23)12-18-21(28)26(22(29)25-18)13-20(27)24-16-6-4-5-14(2)10-16/h3-8,10-12H,1,9,13H2,2H3,(H,24,27)(H,25,29)/b18-12+. The highest BCUT2D eigenvalue weighted by Gasteiger charge is 2.34. The summed E-state index contributed by atoms with van der Waals surface area (Å²) in [6, 6.07) is 12.0. The molecular weight excluding hydrogens is 497 g/mol. The maximum Gasteiger partial charge on any atom is 0.329 e. The Morgan fingerprint density at radius 3 is 2.77 bits per heavy atom. The number of imide groups is 1. The van der Waals surface area contributed by atoms with Gasteiger partial charge in [-0.25, -0.2) is 9.69 Å². The van der Waals surface area contributed by atoms with Gasteiger partial charge in [-0.05, 0) is 71.0 Å². The van der Waals surface area contributed by atoms with Crippen molar-refractivity contribution in [2.45, 2.75) is 6.92 Å². The van der Waals surface area contributed by atoms with Crippen molar-refractivity contribution >= 4 is 52.2 Å². The molecule has 0 atom stereocenters. The molecule has 0 radical (unpaired) electrons. The fourth-order valence-corrected chi connectivity index (χ4v) is 3.52. The Bertz CT molecular complexity index is 1050. The first kappa shape index (κ1) is 21.6.